The van der Waals surface area contributed by atoms with Crippen LogP contribution in [0.2, 0.25) is 0 Å². The molecule has 1 amide bonds. The summed E-state index contributed by atoms with van der Waals surface area (Å²) in [5.41, 5.74) is 1.93. The second kappa shape index (κ2) is 8.12. The number of allylic oxidation sites excluding steroid dienone is 2. The van der Waals surface area contributed by atoms with E-state index in [2.05, 4.69) is 28.0 Å². The Kier molecular flexibility index (Phi) is 5.66. The first-order valence-corrected chi connectivity index (χ1v) is 8.91. The maximum atomic E-state index is 12.7. The first-order chi connectivity index (χ1) is 11.8. The third-order valence-corrected chi connectivity index (χ3v) is 5.01. The molecule has 126 valence electrons. The number of benzene rings is 1. The minimum Gasteiger partial charge on any atom is -0.341 e. The predicted molar refractivity (Wildman–Crippen MR) is 94.1 cm³/mol. The average molecular weight is 323 g/mol. The van der Waals surface area contributed by atoms with Gasteiger partial charge in [0.15, 0.2) is 0 Å². The smallest absolute Gasteiger partial charge is 0.226 e. The second-order valence-corrected chi connectivity index (χ2v) is 6.75. The maximum absolute atomic E-state index is 12.7. The van der Waals surface area contributed by atoms with Gasteiger partial charge >= 0.3 is 0 Å². The minimum absolute atomic E-state index is 0.195. The molecule has 0 aromatic heterocycles. The van der Waals surface area contributed by atoms with E-state index >= 15 is 0 Å². The Bertz CT molecular complexity index is 629. The van der Waals surface area contributed by atoms with E-state index in [1.54, 1.807) is 0 Å². The molecule has 1 saturated heterocycles. The Labute approximate surface area is 144 Å². The fraction of sp³-hybridized carbons (Fsp3) is 0.500. The van der Waals surface area contributed by atoms with Crippen LogP contribution < -0.4 is 0 Å². The van der Waals surface area contributed by atoms with Crippen molar-refractivity contribution < 1.29 is 4.79 Å². The van der Waals surface area contributed by atoms with E-state index in [9.17, 15) is 4.79 Å². The monoisotopic (exact) mass is 323 g/mol. The van der Waals surface area contributed by atoms with Gasteiger partial charge in [-0.1, -0.05) is 24.3 Å². The summed E-state index contributed by atoms with van der Waals surface area (Å²) in [5.74, 6) is 0.541. The Morgan fingerprint density at radius 3 is 2.67 bits per heavy atom. The molecule has 0 bridgehead atoms. The lowest BCUT2D eigenvalue weighted by molar-refractivity contribution is -0.135. The number of nitrogens with zero attached hydrogens (tertiary/aromatic N) is 3. The van der Waals surface area contributed by atoms with Crippen molar-refractivity contribution in [1.29, 1.82) is 5.26 Å². The van der Waals surface area contributed by atoms with Crippen molar-refractivity contribution in [2.75, 3.05) is 26.2 Å². The summed E-state index contributed by atoms with van der Waals surface area (Å²) in [5, 5.41) is 8.87. The van der Waals surface area contributed by atoms with Crippen molar-refractivity contribution in [2.24, 2.45) is 5.92 Å². The van der Waals surface area contributed by atoms with Gasteiger partial charge < -0.3 is 4.90 Å². The molecule has 1 aromatic rings. The Morgan fingerprint density at radius 1 is 1.12 bits per heavy atom. The molecule has 1 heterocycles. The zero-order chi connectivity index (χ0) is 16.8. The van der Waals surface area contributed by atoms with Crippen molar-refractivity contribution in [3.8, 4) is 6.07 Å². The lowest BCUT2D eigenvalue weighted by Crippen LogP contribution is -2.39. The zero-order valence-corrected chi connectivity index (χ0v) is 14.2. The van der Waals surface area contributed by atoms with Gasteiger partial charge in [0.05, 0.1) is 11.6 Å². The highest BCUT2D eigenvalue weighted by Gasteiger charge is 2.26. The van der Waals surface area contributed by atoms with Crippen LogP contribution in [0, 0.1) is 17.2 Å². The van der Waals surface area contributed by atoms with E-state index in [0.717, 1.165) is 58.4 Å². The molecule has 0 spiro atoms. The van der Waals surface area contributed by atoms with Crippen molar-refractivity contribution in [1.82, 2.24) is 9.80 Å². The number of nitriles is 1. The fourth-order valence-corrected chi connectivity index (χ4v) is 3.57. The van der Waals surface area contributed by atoms with E-state index in [4.69, 9.17) is 5.26 Å². The van der Waals surface area contributed by atoms with Gasteiger partial charge in [0.1, 0.15) is 0 Å². The molecular weight excluding hydrogens is 298 g/mol. The zero-order valence-electron chi connectivity index (χ0n) is 14.2. The molecule has 24 heavy (non-hydrogen) atoms. The summed E-state index contributed by atoms with van der Waals surface area (Å²) in [7, 11) is 0. The van der Waals surface area contributed by atoms with E-state index in [1.807, 2.05) is 24.3 Å². The molecule has 0 N–H and O–H groups in total. The van der Waals surface area contributed by atoms with Gasteiger partial charge in [-0.2, -0.15) is 5.26 Å². The van der Waals surface area contributed by atoms with E-state index in [-0.39, 0.29) is 5.92 Å². The molecule has 1 atom stereocenters. The molecule has 1 fully saturated rings. The minimum atomic E-state index is 0.195. The van der Waals surface area contributed by atoms with Gasteiger partial charge in [0.2, 0.25) is 5.91 Å². The van der Waals surface area contributed by atoms with Crippen LogP contribution in [-0.4, -0.2) is 41.9 Å². The van der Waals surface area contributed by atoms with Crippen LogP contribution in [-0.2, 0) is 11.3 Å². The number of hydrogen-bond acceptors (Lipinski definition) is 3. The molecule has 2 aliphatic rings. The summed E-state index contributed by atoms with van der Waals surface area (Å²) < 4.78 is 0. The molecule has 0 unspecified atom stereocenters. The van der Waals surface area contributed by atoms with Gasteiger partial charge in [-0.05, 0) is 43.4 Å². The standard InChI is InChI=1S/C20H25N3O/c21-15-17-7-9-18(10-8-17)16-22-11-4-12-23(14-13-22)20(24)19-5-2-1-3-6-19/h1-2,7-10,19H,3-6,11-14,16H2/t19-/m0/s1. The second-order valence-electron chi connectivity index (χ2n) is 6.75. The number of rotatable bonds is 3. The largest absolute Gasteiger partial charge is 0.341 e. The molecule has 0 radical (unpaired) electrons. The van der Waals surface area contributed by atoms with Crippen molar-refractivity contribution in [2.45, 2.75) is 32.2 Å². The number of hydrogen-bond donors (Lipinski definition) is 0. The van der Waals surface area contributed by atoms with Crippen LogP contribution in [0.5, 0.6) is 0 Å². The molecule has 3 rings (SSSR count). The third-order valence-electron chi connectivity index (χ3n) is 5.01. The van der Waals surface area contributed by atoms with Crippen LogP contribution in [0.4, 0.5) is 0 Å². The summed E-state index contributed by atoms with van der Waals surface area (Å²) >= 11 is 0. The Hall–Kier alpha value is -2.12. The summed E-state index contributed by atoms with van der Waals surface area (Å²) in [6.07, 6.45) is 8.32. The van der Waals surface area contributed by atoms with Crippen LogP contribution in [0.3, 0.4) is 0 Å². The topological polar surface area (TPSA) is 47.3 Å². The lowest BCUT2D eigenvalue weighted by atomic mass is 9.93. The number of amides is 1. The van der Waals surface area contributed by atoms with E-state index < -0.39 is 0 Å². The van der Waals surface area contributed by atoms with Gasteiger partial charge in [-0.15, -0.1) is 0 Å². The van der Waals surface area contributed by atoms with E-state index in [1.165, 1.54) is 5.56 Å². The molecule has 1 aliphatic carbocycles. The van der Waals surface area contributed by atoms with Gasteiger partial charge in [-0.25, -0.2) is 0 Å². The van der Waals surface area contributed by atoms with Crippen LogP contribution >= 0.6 is 0 Å². The van der Waals surface area contributed by atoms with Crippen molar-refractivity contribution in [3.05, 3.63) is 47.5 Å². The van der Waals surface area contributed by atoms with Crippen LogP contribution in [0.25, 0.3) is 0 Å². The van der Waals surface area contributed by atoms with E-state index in [0.29, 0.717) is 11.5 Å². The molecular formula is C20H25N3O. The molecule has 4 nitrogen and oxygen atoms in total. The fourth-order valence-electron chi connectivity index (χ4n) is 3.57. The Balaban J connectivity index is 1.53. The van der Waals surface area contributed by atoms with Crippen LogP contribution in [0.15, 0.2) is 36.4 Å². The maximum Gasteiger partial charge on any atom is 0.226 e. The predicted octanol–water partition coefficient (Wildman–Crippen LogP) is 2.95. The lowest BCUT2D eigenvalue weighted by Gasteiger charge is -2.27. The van der Waals surface area contributed by atoms with Gasteiger partial charge in [-0.3, -0.25) is 9.69 Å². The summed E-state index contributed by atoms with van der Waals surface area (Å²) in [6, 6.07) is 9.96. The average Bonchev–Trinajstić information content (AvgIpc) is 2.88. The molecule has 1 aromatic carbocycles. The first kappa shape index (κ1) is 16.7. The molecule has 1 aliphatic heterocycles. The van der Waals surface area contributed by atoms with Crippen molar-refractivity contribution in [3.63, 3.8) is 0 Å². The third kappa shape index (κ3) is 4.24. The molecule has 0 saturated carbocycles. The highest BCUT2D eigenvalue weighted by molar-refractivity contribution is 5.79. The quantitative estimate of drug-likeness (QED) is 0.804. The van der Waals surface area contributed by atoms with Crippen LogP contribution in [0.1, 0.15) is 36.8 Å². The SMILES string of the molecule is N#Cc1ccc(CN2CCCN(C(=O)[C@H]3CC=CCC3)CC2)cc1. The van der Waals surface area contributed by atoms with Gasteiger partial charge in [0, 0.05) is 38.6 Å². The highest BCUT2D eigenvalue weighted by atomic mass is 16.2. The normalized spacial score (nSPS) is 22.0. The van der Waals surface area contributed by atoms with Gasteiger partial charge in [0.25, 0.3) is 0 Å². The number of carbonyl (C=O) groups is 1. The first-order valence-electron chi connectivity index (χ1n) is 8.91. The summed E-state index contributed by atoms with van der Waals surface area (Å²) in [4.78, 5) is 17.2. The van der Waals surface area contributed by atoms with Crippen molar-refractivity contribution >= 4 is 5.91 Å². The summed E-state index contributed by atoms with van der Waals surface area (Å²) in [6.45, 7) is 4.54. The number of carbonyl (C=O) groups excluding carboxylic acids is 1. The highest BCUT2D eigenvalue weighted by Crippen LogP contribution is 2.21. The Morgan fingerprint density at radius 2 is 1.96 bits per heavy atom. The molecule has 4 heteroatoms.